The lowest BCUT2D eigenvalue weighted by molar-refractivity contribution is 1.20. The summed E-state index contributed by atoms with van der Waals surface area (Å²) < 4.78 is 0. The Morgan fingerprint density at radius 2 is 1.16 bits per heavy atom. The molecule has 3 aliphatic rings. The van der Waals surface area contributed by atoms with Gasteiger partial charge in [0.15, 0.2) is 0 Å². The summed E-state index contributed by atoms with van der Waals surface area (Å²) in [5, 5.41) is 0. The van der Waals surface area contributed by atoms with Crippen LogP contribution >= 0.6 is 0 Å². The molecule has 19 heavy (non-hydrogen) atoms. The predicted molar refractivity (Wildman–Crippen MR) is 80.2 cm³/mol. The van der Waals surface area contributed by atoms with Gasteiger partial charge in [-0.3, -0.25) is 0 Å². The van der Waals surface area contributed by atoms with E-state index < -0.39 is 0 Å². The number of rotatable bonds is 0. The molecule has 0 bridgehead atoms. The summed E-state index contributed by atoms with van der Waals surface area (Å²) in [5.74, 6) is 0. The van der Waals surface area contributed by atoms with Crippen LogP contribution in [0.25, 0.3) is 23.3 Å². The van der Waals surface area contributed by atoms with Crippen molar-refractivity contribution in [2.45, 2.75) is 19.3 Å². The minimum atomic E-state index is 1.11. The largest absolute Gasteiger partial charge is 0.0795 e. The van der Waals surface area contributed by atoms with Gasteiger partial charge in [0, 0.05) is 0 Å². The molecule has 0 aliphatic heterocycles. The number of fused-ring (bicyclic) bond motifs is 7. The fourth-order valence-corrected chi connectivity index (χ4v) is 3.87. The number of allylic oxidation sites excluding steroid dienone is 2. The van der Waals surface area contributed by atoms with Crippen molar-refractivity contribution in [1.29, 1.82) is 0 Å². The molecule has 0 N–H and O–H groups in total. The van der Waals surface area contributed by atoms with Gasteiger partial charge < -0.3 is 0 Å². The monoisotopic (exact) mass is 242 g/mol. The molecule has 0 spiro atoms. The van der Waals surface area contributed by atoms with Gasteiger partial charge in [-0.1, -0.05) is 48.6 Å². The van der Waals surface area contributed by atoms with E-state index in [1.807, 2.05) is 0 Å². The lowest BCUT2D eigenvalue weighted by atomic mass is 9.97. The van der Waals surface area contributed by atoms with Crippen LogP contribution in [0.2, 0.25) is 0 Å². The van der Waals surface area contributed by atoms with Crippen LogP contribution in [0.3, 0.4) is 0 Å². The minimum Gasteiger partial charge on any atom is -0.0795 e. The van der Waals surface area contributed by atoms with Crippen LogP contribution in [0.1, 0.15) is 33.4 Å². The maximum atomic E-state index is 2.33. The zero-order valence-corrected chi connectivity index (χ0v) is 10.7. The SMILES string of the molecule is C1=Cc2c(ccc3c2Cc2c-3ccc3c2C=CC3)C1. The third-order valence-electron chi connectivity index (χ3n) is 4.78. The van der Waals surface area contributed by atoms with Crippen LogP contribution < -0.4 is 0 Å². The Morgan fingerprint density at radius 3 is 1.68 bits per heavy atom. The Morgan fingerprint density at radius 1 is 0.632 bits per heavy atom. The van der Waals surface area contributed by atoms with Crippen molar-refractivity contribution < 1.29 is 0 Å². The van der Waals surface area contributed by atoms with Crippen molar-refractivity contribution in [2.75, 3.05) is 0 Å². The highest BCUT2D eigenvalue weighted by Gasteiger charge is 2.26. The number of benzene rings is 2. The summed E-state index contributed by atoms with van der Waals surface area (Å²) in [6, 6.07) is 9.29. The fraction of sp³-hybridized carbons (Fsp3) is 0.158. The van der Waals surface area contributed by atoms with Gasteiger partial charge in [0.25, 0.3) is 0 Å². The standard InChI is InChI=1S/C19H14/c1-3-12-7-9-16-17-10-8-13-4-2-6-15(13)19(17)11-18(16)14(12)5-1/h1-2,5-10H,3-4,11H2. The average Bonchev–Trinajstić information content (AvgIpc) is 3.14. The molecular formula is C19H14. The summed E-state index contributed by atoms with van der Waals surface area (Å²) in [5.41, 5.74) is 12.0. The van der Waals surface area contributed by atoms with E-state index in [-0.39, 0.29) is 0 Å². The highest BCUT2D eigenvalue weighted by molar-refractivity contribution is 5.86. The van der Waals surface area contributed by atoms with E-state index in [4.69, 9.17) is 0 Å². The lowest BCUT2D eigenvalue weighted by Gasteiger charge is -2.07. The third kappa shape index (κ3) is 1.14. The second kappa shape index (κ2) is 3.27. The Balaban J connectivity index is 1.82. The first kappa shape index (κ1) is 9.80. The molecule has 0 aromatic heterocycles. The van der Waals surface area contributed by atoms with Gasteiger partial charge in [-0.25, -0.2) is 0 Å². The molecule has 0 saturated carbocycles. The Labute approximate surface area is 113 Å². The van der Waals surface area contributed by atoms with Gasteiger partial charge >= 0.3 is 0 Å². The predicted octanol–water partition coefficient (Wildman–Crippen LogP) is 4.40. The second-order valence-electron chi connectivity index (χ2n) is 5.72. The zero-order chi connectivity index (χ0) is 12.4. The molecule has 0 atom stereocenters. The number of hydrogen-bond donors (Lipinski definition) is 0. The first-order valence-corrected chi connectivity index (χ1v) is 7.05. The molecule has 0 heteroatoms. The Hall–Kier alpha value is -2.08. The van der Waals surface area contributed by atoms with E-state index in [0.29, 0.717) is 0 Å². The van der Waals surface area contributed by atoms with Crippen LogP contribution in [-0.2, 0) is 19.3 Å². The molecule has 5 rings (SSSR count). The summed E-state index contributed by atoms with van der Waals surface area (Å²) in [6.45, 7) is 0. The number of hydrogen-bond acceptors (Lipinski definition) is 0. The molecule has 0 radical (unpaired) electrons. The Kier molecular flexibility index (Phi) is 1.69. The highest BCUT2D eigenvalue weighted by atomic mass is 14.3. The van der Waals surface area contributed by atoms with Crippen molar-refractivity contribution >= 4 is 12.2 Å². The lowest BCUT2D eigenvalue weighted by Crippen LogP contribution is -1.91. The van der Waals surface area contributed by atoms with Crippen molar-refractivity contribution in [3.63, 3.8) is 0 Å². The molecule has 2 aromatic rings. The van der Waals surface area contributed by atoms with Gasteiger partial charge in [-0.05, 0) is 63.8 Å². The molecule has 0 fully saturated rings. The molecule has 0 saturated heterocycles. The van der Waals surface area contributed by atoms with E-state index in [9.17, 15) is 0 Å². The summed E-state index contributed by atoms with van der Waals surface area (Å²) in [7, 11) is 0. The topological polar surface area (TPSA) is 0 Å². The zero-order valence-electron chi connectivity index (χ0n) is 10.7. The minimum absolute atomic E-state index is 1.11. The molecular weight excluding hydrogens is 228 g/mol. The van der Waals surface area contributed by atoms with Gasteiger partial charge in [0.2, 0.25) is 0 Å². The van der Waals surface area contributed by atoms with Gasteiger partial charge in [0.05, 0.1) is 0 Å². The van der Waals surface area contributed by atoms with E-state index in [1.54, 1.807) is 11.1 Å². The van der Waals surface area contributed by atoms with Crippen LogP contribution in [0.5, 0.6) is 0 Å². The van der Waals surface area contributed by atoms with E-state index in [0.717, 1.165) is 19.3 Å². The van der Waals surface area contributed by atoms with Gasteiger partial charge in [-0.15, -0.1) is 0 Å². The Bertz CT molecular complexity index is 721. The van der Waals surface area contributed by atoms with Gasteiger partial charge in [0.1, 0.15) is 0 Å². The summed E-state index contributed by atoms with van der Waals surface area (Å²) in [4.78, 5) is 0. The van der Waals surface area contributed by atoms with Crippen LogP contribution in [-0.4, -0.2) is 0 Å². The maximum absolute atomic E-state index is 2.33. The average molecular weight is 242 g/mol. The molecule has 0 amide bonds. The van der Waals surface area contributed by atoms with E-state index in [2.05, 4.69) is 48.6 Å². The normalized spacial score (nSPS) is 16.4. The quantitative estimate of drug-likeness (QED) is 0.548. The smallest absolute Gasteiger partial charge is 0.000135 e. The second-order valence-corrected chi connectivity index (χ2v) is 5.72. The third-order valence-corrected chi connectivity index (χ3v) is 4.78. The van der Waals surface area contributed by atoms with Crippen molar-refractivity contribution in [3.05, 3.63) is 69.8 Å². The van der Waals surface area contributed by atoms with Crippen molar-refractivity contribution in [1.82, 2.24) is 0 Å². The molecule has 2 aromatic carbocycles. The maximum Gasteiger partial charge on any atom is -0.000135 e. The first-order chi connectivity index (χ1) is 9.42. The van der Waals surface area contributed by atoms with Crippen LogP contribution in [0.15, 0.2) is 36.4 Å². The molecule has 0 heterocycles. The first-order valence-electron chi connectivity index (χ1n) is 7.05. The van der Waals surface area contributed by atoms with Crippen LogP contribution in [0, 0.1) is 0 Å². The summed E-state index contributed by atoms with van der Waals surface area (Å²) >= 11 is 0. The van der Waals surface area contributed by atoms with E-state index >= 15 is 0 Å². The van der Waals surface area contributed by atoms with Crippen LogP contribution in [0.4, 0.5) is 0 Å². The van der Waals surface area contributed by atoms with Gasteiger partial charge in [-0.2, -0.15) is 0 Å². The van der Waals surface area contributed by atoms with E-state index in [1.165, 1.54) is 33.4 Å². The molecule has 90 valence electrons. The molecule has 3 aliphatic carbocycles. The molecule has 0 unspecified atom stereocenters. The highest BCUT2D eigenvalue weighted by Crippen LogP contribution is 2.44. The van der Waals surface area contributed by atoms with Crippen molar-refractivity contribution in [3.8, 4) is 11.1 Å². The summed E-state index contributed by atoms with van der Waals surface area (Å²) in [6.07, 6.45) is 12.5. The fourth-order valence-electron chi connectivity index (χ4n) is 3.87. The molecule has 0 nitrogen and oxygen atoms in total. The van der Waals surface area contributed by atoms with Crippen molar-refractivity contribution in [2.24, 2.45) is 0 Å².